The third-order valence-corrected chi connectivity index (χ3v) is 10.8. The summed E-state index contributed by atoms with van der Waals surface area (Å²) in [5.74, 6) is -9.86. The van der Waals surface area contributed by atoms with Gasteiger partial charge >= 0.3 is 0 Å². The van der Waals surface area contributed by atoms with E-state index in [1.165, 1.54) is 18.6 Å². The number of Topliss-reactive ketones (excluding diaryl/α,β-unsaturated/α-hetero) is 1. The highest BCUT2D eigenvalue weighted by Gasteiger charge is 2.61. The smallest absolute Gasteiger partial charge is 0.289 e. The number of carbonyl (C=O) groups is 6. The molecule has 1 aromatic rings. The van der Waals surface area contributed by atoms with Crippen LogP contribution in [0.1, 0.15) is 109 Å². The highest BCUT2D eigenvalue weighted by Crippen LogP contribution is 2.51. The van der Waals surface area contributed by atoms with Crippen molar-refractivity contribution >= 4 is 35.3 Å². The normalized spacial score (nSPS) is 24.8. The number of amides is 5. The average molecular weight is 716 g/mol. The lowest BCUT2D eigenvalue weighted by molar-refractivity contribution is -0.146. The molecule has 0 radical (unpaired) electrons. The van der Waals surface area contributed by atoms with Crippen LogP contribution in [0.3, 0.4) is 0 Å². The van der Waals surface area contributed by atoms with Crippen LogP contribution in [0.5, 0.6) is 0 Å². The molecular weight excluding hydrogens is 664 g/mol. The zero-order chi connectivity index (χ0) is 37.1. The summed E-state index contributed by atoms with van der Waals surface area (Å²) in [5, 5.41) is 10.9. The largest absolute Gasteiger partial charge is 0.347 e. The summed E-state index contributed by atoms with van der Waals surface area (Å²) < 4.78 is 30.5. The van der Waals surface area contributed by atoms with Crippen LogP contribution >= 0.6 is 0 Å². The first-order chi connectivity index (χ1) is 24.1. The fraction of sp³-hybridized carbons (Fsp3) is 0.722. The third kappa shape index (κ3) is 8.89. The number of likely N-dealkylation sites (tertiary alicyclic amines) is 1. The van der Waals surface area contributed by atoms with Crippen molar-refractivity contribution in [3.05, 3.63) is 24.3 Å². The maximum atomic E-state index is 15.2. The van der Waals surface area contributed by atoms with Gasteiger partial charge in [-0.15, -0.1) is 0 Å². The Labute approximate surface area is 297 Å². The maximum absolute atomic E-state index is 15.2. The number of ketones is 1. The summed E-state index contributed by atoms with van der Waals surface area (Å²) in [6.07, 6.45) is 9.83. The summed E-state index contributed by atoms with van der Waals surface area (Å²) in [6, 6.07) is -4.88. The van der Waals surface area contributed by atoms with E-state index < -0.39 is 95.6 Å². The monoisotopic (exact) mass is 715 g/mol. The topological polar surface area (TPSA) is 180 Å². The lowest BCUT2D eigenvalue weighted by Gasteiger charge is -2.38. The molecule has 1 unspecified atom stereocenters. The van der Waals surface area contributed by atoms with Gasteiger partial charge in [0.1, 0.15) is 23.8 Å². The molecule has 4 aliphatic rings. The van der Waals surface area contributed by atoms with Gasteiger partial charge in [-0.05, 0) is 55.8 Å². The highest BCUT2D eigenvalue weighted by molar-refractivity contribution is 6.38. The number of nitrogens with zero attached hydrogens (tertiary/aromatic N) is 3. The van der Waals surface area contributed by atoms with Crippen molar-refractivity contribution in [2.75, 3.05) is 6.54 Å². The Hall–Kier alpha value is -4.04. The van der Waals surface area contributed by atoms with Crippen molar-refractivity contribution in [2.45, 2.75) is 134 Å². The minimum atomic E-state index is -3.13. The standard InChI is InChI=1S/C36H51F2N7O6/c1-5-9-24(28(46)33(50)41-21-12-13-21)42-32(49)27-22-14-15-36(37,38)23(22)19-45(27)34(51)29(35(2,3)4)44-31(48)26(20-10-7-6-8-11-20)43-30(47)25-18-39-16-17-40-25/h16-18,20-24,26-27,29H,5-15,19H2,1-4H3,(H,41,50)(H,42,49)(H,43,47)(H,44,48)/t22-,23?,24-,26-,27-,29+/m0/s1. The fourth-order valence-corrected chi connectivity index (χ4v) is 7.83. The van der Waals surface area contributed by atoms with Crippen LogP contribution in [0.15, 0.2) is 18.6 Å². The van der Waals surface area contributed by atoms with E-state index in [-0.39, 0.29) is 30.5 Å². The summed E-state index contributed by atoms with van der Waals surface area (Å²) in [7, 11) is 0. The Morgan fingerprint density at radius 3 is 2.27 bits per heavy atom. The Morgan fingerprint density at radius 2 is 1.67 bits per heavy atom. The van der Waals surface area contributed by atoms with E-state index in [9.17, 15) is 28.8 Å². The van der Waals surface area contributed by atoms with Crippen molar-refractivity contribution in [3.8, 4) is 0 Å². The number of rotatable bonds is 13. The Bertz CT molecular complexity index is 1480. The molecule has 1 aromatic heterocycles. The van der Waals surface area contributed by atoms with Gasteiger partial charge in [-0.2, -0.15) is 0 Å². The first kappa shape index (κ1) is 38.2. The first-order valence-corrected chi connectivity index (χ1v) is 18.3. The molecule has 0 aromatic carbocycles. The van der Waals surface area contributed by atoms with Crippen LogP contribution < -0.4 is 21.3 Å². The molecule has 0 spiro atoms. The molecule has 2 heterocycles. The van der Waals surface area contributed by atoms with Crippen LogP contribution in [0.25, 0.3) is 0 Å². The van der Waals surface area contributed by atoms with Gasteiger partial charge in [-0.1, -0.05) is 53.4 Å². The molecular formula is C36H51F2N7O6. The molecule has 5 amide bonds. The molecule has 15 heteroatoms. The van der Waals surface area contributed by atoms with Gasteiger partial charge < -0.3 is 26.2 Å². The van der Waals surface area contributed by atoms with E-state index in [1.807, 2.05) is 0 Å². The third-order valence-electron chi connectivity index (χ3n) is 10.8. The van der Waals surface area contributed by atoms with Crippen LogP contribution in [0.4, 0.5) is 8.78 Å². The molecule has 3 aliphatic carbocycles. The molecule has 1 saturated heterocycles. The lowest BCUT2D eigenvalue weighted by Crippen LogP contribution is -2.62. The lowest BCUT2D eigenvalue weighted by atomic mass is 9.82. The molecule has 6 atom stereocenters. The van der Waals surface area contributed by atoms with Gasteiger partial charge in [0.05, 0.1) is 12.2 Å². The Balaban J connectivity index is 1.39. The summed E-state index contributed by atoms with van der Waals surface area (Å²) in [6.45, 7) is 6.54. The Morgan fingerprint density at radius 1 is 0.961 bits per heavy atom. The molecule has 0 bridgehead atoms. The Kier molecular flexibility index (Phi) is 11.7. The zero-order valence-corrected chi connectivity index (χ0v) is 29.9. The summed E-state index contributed by atoms with van der Waals surface area (Å²) in [4.78, 5) is 90.7. The fourth-order valence-electron chi connectivity index (χ4n) is 7.83. The summed E-state index contributed by atoms with van der Waals surface area (Å²) in [5.41, 5.74) is -0.917. The molecule has 4 fully saturated rings. The van der Waals surface area contributed by atoms with Crippen molar-refractivity contribution in [2.24, 2.45) is 23.2 Å². The van der Waals surface area contributed by atoms with Gasteiger partial charge in [-0.25, -0.2) is 13.8 Å². The molecule has 280 valence electrons. The van der Waals surface area contributed by atoms with Crippen molar-refractivity contribution in [1.82, 2.24) is 36.1 Å². The molecule has 3 saturated carbocycles. The van der Waals surface area contributed by atoms with Gasteiger partial charge in [0.25, 0.3) is 17.7 Å². The number of carbonyl (C=O) groups excluding carboxylic acids is 6. The minimum absolute atomic E-state index is 0.0151. The second-order valence-electron chi connectivity index (χ2n) is 15.7. The number of alkyl halides is 2. The molecule has 13 nitrogen and oxygen atoms in total. The van der Waals surface area contributed by atoms with Crippen molar-refractivity contribution in [1.29, 1.82) is 0 Å². The second-order valence-corrected chi connectivity index (χ2v) is 15.7. The van der Waals surface area contributed by atoms with Gasteiger partial charge in [0.15, 0.2) is 0 Å². The highest BCUT2D eigenvalue weighted by atomic mass is 19.3. The predicted octanol–water partition coefficient (Wildman–Crippen LogP) is 2.69. The van der Waals surface area contributed by atoms with Crippen molar-refractivity contribution in [3.63, 3.8) is 0 Å². The number of fused-ring (bicyclic) bond motifs is 1. The molecule has 1 aliphatic heterocycles. The number of aromatic nitrogens is 2. The van der Waals surface area contributed by atoms with Crippen molar-refractivity contribution < 1.29 is 37.5 Å². The quantitative estimate of drug-likeness (QED) is 0.225. The predicted molar refractivity (Wildman–Crippen MR) is 181 cm³/mol. The van der Waals surface area contributed by atoms with Gasteiger partial charge in [-0.3, -0.25) is 33.8 Å². The van der Waals surface area contributed by atoms with E-state index in [1.54, 1.807) is 27.7 Å². The van der Waals surface area contributed by atoms with Crippen LogP contribution in [0, 0.1) is 23.2 Å². The number of hydrogen-bond acceptors (Lipinski definition) is 8. The SMILES string of the molecule is CCC[C@H](NC(=O)[C@@H]1[C@H]2CCC(F)(F)C2CN1C(=O)[C@@H](NC(=O)[C@@H](NC(=O)c1cnccn1)C1CCCCC1)C(C)(C)C)C(=O)C(=O)NC1CC1. The van der Waals surface area contributed by atoms with Crippen LogP contribution in [0.2, 0.25) is 0 Å². The minimum Gasteiger partial charge on any atom is -0.347 e. The maximum Gasteiger partial charge on any atom is 0.289 e. The van der Waals surface area contributed by atoms with E-state index in [0.29, 0.717) is 19.3 Å². The molecule has 4 N–H and O–H groups in total. The number of nitrogens with one attached hydrogen (secondary N) is 4. The number of halogens is 2. The van der Waals surface area contributed by atoms with E-state index in [0.717, 1.165) is 37.0 Å². The van der Waals surface area contributed by atoms with Gasteiger partial charge in [0, 0.05) is 37.3 Å². The molecule has 5 rings (SSSR count). The van der Waals surface area contributed by atoms with Crippen LogP contribution in [-0.2, 0) is 24.0 Å². The molecule has 51 heavy (non-hydrogen) atoms. The van der Waals surface area contributed by atoms with Gasteiger partial charge in [0.2, 0.25) is 23.5 Å². The average Bonchev–Trinajstić information content (AvgIpc) is 3.74. The van der Waals surface area contributed by atoms with E-state index >= 15 is 8.78 Å². The van der Waals surface area contributed by atoms with E-state index in [4.69, 9.17) is 0 Å². The second kappa shape index (κ2) is 15.7. The van der Waals surface area contributed by atoms with E-state index in [2.05, 4.69) is 31.2 Å². The number of hydrogen-bond donors (Lipinski definition) is 4. The van der Waals surface area contributed by atoms with Crippen LogP contribution in [-0.4, -0.2) is 92.9 Å². The first-order valence-electron chi connectivity index (χ1n) is 18.3. The summed E-state index contributed by atoms with van der Waals surface area (Å²) >= 11 is 0. The zero-order valence-electron chi connectivity index (χ0n) is 29.9.